The molecule has 5 heteroatoms. The van der Waals surface area contributed by atoms with E-state index >= 15 is 0 Å². The summed E-state index contributed by atoms with van der Waals surface area (Å²) in [6, 6.07) is 3.67. The van der Waals surface area contributed by atoms with Crippen LogP contribution in [0.3, 0.4) is 0 Å². The number of benzene rings is 1. The third kappa shape index (κ3) is 2.23. The van der Waals surface area contributed by atoms with Gasteiger partial charge in [0.2, 0.25) is 0 Å². The van der Waals surface area contributed by atoms with E-state index in [0.717, 1.165) is 16.5 Å². The van der Waals surface area contributed by atoms with Gasteiger partial charge in [0.05, 0.1) is 12.1 Å². The quantitative estimate of drug-likeness (QED) is 0.668. The summed E-state index contributed by atoms with van der Waals surface area (Å²) in [7, 11) is 0. The molecule has 1 aromatic carbocycles. The molecule has 0 saturated carbocycles. The van der Waals surface area contributed by atoms with Crippen LogP contribution in [0.2, 0.25) is 10.2 Å². The van der Waals surface area contributed by atoms with Crippen molar-refractivity contribution in [2.75, 3.05) is 0 Å². The molecule has 1 aromatic heterocycles. The maximum atomic E-state index is 9.30. The zero-order valence-electron chi connectivity index (χ0n) is 9.10. The Morgan fingerprint density at radius 2 is 1.94 bits per heavy atom. The summed E-state index contributed by atoms with van der Waals surface area (Å²) in [5.41, 5.74) is 3.02. The Bertz CT molecular complexity index is 584. The summed E-state index contributed by atoms with van der Waals surface area (Å²) in [5, 5.41) is 11.1. The first-order valence-corrected chi connectivity index (χ1v) is 6.31. The molecule has 0 atom stereocenters. The highest BCUT2D eigenvalue weighted by Gasteiger charge is 2.13. The van der Waals surface area contributed by atoms with Crippen molar-refractivity contribution in [2.24, 2.45) is 0 Å². The maximum Gasteiger partial charge on any atom is 0.135 e. The molecule has 0 bridgehead atoms. The van der Waals surface area contributed by atoms with Gasteiger partial charge in [-0.3, -0.25) is 0 Å². The third-order valence-electron chi connectivity index (χ3n) is 2.73. The number of fused-ring (bicyclic) bond motifs is 1. The second kappa shape index (κ2) is 4.99. The summed E-state index contributed by atoms with van der Waals surface area (Å²) in [6.07, 6.45) is 0. The van der Waals surface area contributed by atoms with Gasteiger partial charge in [-0.2, -0.15) is 0 Å². The van der Waals surface area contributed by atoms with Crippen molar-refractivity contribution in [3.05, 3.63) is 39.0 Å². The minimum Gasteiger partial charge on any atom is -0.392 e. The Morgan fingerprint density at radius 3 is 2.53 bits per heavy atom. The number of aryl methyl sites for hydroxylation is 1. The molecule has 0 fully saturated rings. The number of halogens is 3. The van der Waals surface area contributed by atoms with E-state index < -0.39 is 0 Å². The van der Waals surface area contributed by atoms with Crippen LogP contribution < -0.4 is 0 Å². The SMILES string of the molecule is Cc1cc2c(CCl)c(CO)c(Cl)nc2cc1Cl. The first kappa shape index (κ1) is 12.9. The van der Waals surface area contributed by atoms with Gasteiger partial charge >= 0.3 is 0 Å². The summed E-state index contributed by atoms with van der Waals surface area (Å²) in [6.45, 7) is 1.73. The minimum atomic E-state index is -0.175. The normalized spacial score (nSPS) is 11.1. The summed E-state index contributed by atoms with van der Waals surface area (Å²) in [4.78, 5) is 4.22. The molecule has 0 aliphatic rings. The molecule has 2 aromatic rings. The topological polar surface area (TPSA) is 33.1 Å². The van der Waals surface area contributed by atoms with Crippen LogP contribution in [0.1, 0.15) is 16.7 Å². The zero-order chi connectivity index (χ0) is 12.6. The van der Waals surface area contributed by atoms with Crippen LogP contribution in [0.25, 0.3) is 10.9 Å². The van der Waals surface area contributed by atoms with Gasteiger partial charge in [-0.15, -0.1) is 11.6 Å². The molecule has 0 spiro atoms. The van der Waals surface area contributed by atoms with E-state index in [2.05, 4.69) is 4.98 Å². The van der Waals surface area contributed by atoms with Gasteiger partial charge in [-0.05, 0) is 30.2 Å². The molecule has 2 nitrogen and oxygen atoms in total. The highest BCUT2D eigenvalue weighted by atomic mass is 35.5. The fourth-order valence-electron chi connectivity index (χ4n) is 1.78. The largest absolute Gasteiger partial charge is 0.392 e. The average Bonchev–Trinajstić information content (AvgIpc) is 2.30. The first-order chi connectivity index (χ1) is 8.08. The summed E-state index contributed by atoms with van der Waals surface area (Å²) >= 11 is 18.0. The Balaban J connectivity index is 2.89. The van der Waals surface area contributed by atoms with Crippen molar-refractivity contribution < 1.29 is 5.11 Å². The van der Waals surface area contributed by atoms with Gasteiger partial charge in [-0.1, -0.05) is 23.2 Å². The van der Waals surface area contributed by atoms with Crippen LogP contribution in [0.15, 0.2) is 12.1 Å². The van der Waals surface area contributed by atoms with Gasteiger partial charge in [0.25, 0.3) is 0 Å². The number of nitrogens with zero attached hydrogens (tertiary/aromatic N) is 1. The molecule has 0 amide bonds. The highest BCUT2D eigenvalue weighted by molar-refractivity contribution is 6.33. The molecule has 90 valence electrons. The van der Waals surface area contributed by atoms with Crippen molar-refractivity contribution in [2.45, 2.75) is 19.4 Å². The monoisotopic (exact) mass is 289 g/mol. The Kier molecular flexibility index (Phi) is 3.79. The van der Waals surface area contributed by atoms with Crippen LogP contribution in [0, 0.1) is 6.92 Å². The van der Waals surface area contributed by atoms with Crippen LogP contribution in [0.5, 0.6) is 0 Å². The van der Waals surface area contributed by atoms with E-state index in [-0.39, 0.29) is 17.6 Å². The van der Waals surface area contributed by atoms with Crippen molar-refractivity contribution >= 4 is 45.7 Å². The van der Waals surface area contributed by atoms with E-state index in [0.29, 0.717) is 16.1 Å². The van der Waals surface area contributed by atoms with Gasteiger partial charge in [0, 0.05) is 21.9 Å². The molecule has 2 rings (SSSR count). The number of hydrogen-bond acceptors (Lipinski definition) is 2. The van der Waals surface area contributed by atoms with Gasteiger partial charge in [0.1, 0.15) is 5.15 Å². The van der Waals surface area contributed by atoms with Crippen LogP contribution in [-0.2, 0) is 12.5 Å². The molecule has 1 N–H and O–H groups in total. The molecule has 0 saturated heterocycles. The zero-order valence-corrected chi connectivity index (χ0v) is 11.4. The lowest BCUT2D eigenvalue weighted by Crippen LogP contribution is -1.98. The maximum absolute atomic E-state index is 9.30. The van der Waals surface area contributed by atoms with Crippen LogP contribution in [-0.4, -0.2) is 10.1 Å². The number of aliphatic hydroxyl groups excluding tert-OH is 1. The fourth-order valence-corrected chi connectivity index (χ4v) is 2.51. The van der Waals surface area contributed by atoms with Crippen molar-refractivity contribution in [1.29, 1.82) is 0 Å². The number of alkyl halides is 1. The minimum absolute atomic E-state index is 0.175. The number of rotatable bonds is 2. The predicted molar refractivity (Wildman–Crippen MR) is 72.0 cm³/mol. The first-order valence-electron chi connectivity index (χ1n) is 5.02. The summed E-state index contributed by atoms with van der Waals surface area (Å²) < 4.78 is 0. The van der Waals surface area contributed by atoms with Gasteiger partial charge < -0.3 is 5.11 Å². The molecule has 0 aliphatic carbocycles. The standard InChI is InChI=1S/C12H10Cl3NO/c1-6-2-7-8(4-13)9(5-17)12(15)16-11(7)3-10(6)14/h2-3,17H,4-5H2,1H3. The molecule has 0 aliphatic heterocycles. The lowest BCUT2D eigenvalue weighted by Gasteiger charge is -2.11. The van der Waals surface area contributed by atoms with Crippen molar-refractivity contribution in [3.8, 4) is 0 Å². The number of pyridine rings is 1. The van der Waals surface area contributed by atoms with Gasteiger partial charge in [0.15, 0.2) is 0 Å². The molecule has 0 radical (unpaired) electrons. The van der Waals surface area contributed by atoms with Gasteiger partial charge in [-0.25, -0.2) is 4.98 Å². The molecular weight excluding hydrogens is 280 g/mol. The lowest BCUT2D eigenvalue weighted by atomic mass is 10.0. The number of aromatic nitrogens is 1. The smallest absolute Gasteiger partial charge is 0.135 e. The summed E-state index contributed by atoms with van der Waals surface area (Å²) in [5.74, 6) is 0.274. The average molecular weight is 291 g/mol. The van der Waals surface area contributed by atoms with Crippen LogP contribution >= 0.6 is 34.8 Å². The van der Waals surface area contributed by atoms with Crippen molar-refractivity contribution in [1.82, 2.24) is 4.98 Å². The molecular formula is C12H10Cl3NO. The molecule has 1 heterocycles. The number of aliphatic hydroxyl groups is 1. The second-order valence-corrected chi connectivity index (χ2v) is 4.80. The third-order valence-corrected chi connectivity index (χ3v) is 3.71. The van der Waals surface area contributed by atoms with E-state index in [1.807, 2.05) is 13.0 Å². The Hall–Kier alpha value is -0.540. The predicted octanol–water partition coefficient (Wildman–Crippen LogP) is 4.08. The highest BCUT2D eigenvalue weighted by Crippen LogP contribution is 2.31. The Labute approximate surface area is 114 Å². The van der Waals surface area contributed by atoms with E-state index in [1.165, 1.54) is 0 Å². The van der Waals surface area contributed by atoms with E-state index in [1.54, 1.807) is 6.07 Å². The van der Waals surface area contributed by atoms with E-state index in [4.69, 9.17) is 34.8 Å². The van der Waals surface area contributed by atoms with Crippen LogP contribution in [0.4, 0.5) is 0 Å². The Morgan fingerprint density at radius 1 is 1.24 bits per heavy atom. The second-order valence-electron chi connectivity index (χ2n) is 3.77. The fraction of sp³-hybridized carbons (Fsp3) is 0.250. The number of hydrogen-bond donors (Lipinski definition) is 1. The van der Waals surface area contributed by atoms with Crippen molar-refractivity contribution in [3.63, 3.8) is 0 Å². The molecule has 17 heavy (non-hydrogen) atoms. The molecule has 0 unspecified atom stereocenters. The lowest BCUT2D eigenvalue weighted by molar-refractivity contribution is 0.281. The van der Waals surface area contributed by atoms with E-state index in [9.17, 15) is 5.11 Å².